The summed E-state index contributed by atoms with van der Waals surface area (Å²) in [6, 6.07) is 2.83. The van der Waals surface area contributed by atoms with E-state index < -0.39 is 53.0 Å². The molecule has 0 aromatic heterocycles. The van der Waals surface area contributed by atoms with Gasteiger partial charge in [0.2, 0.25) is 5.79 Å². The van der Waals surface area contributed by atoms with Gasteiger partial charge in [-0.3, -0.25) is 9.59 Å². The van der Waals surface area contributed by atoms with Crippen LogP contribution in [-0.2, 0) is 29.2 Å². The predicted molar refractivity (Wildman–Crippen MR) is 157 cm³/mol. The van der Waals surface area contributed by atoms with E-state index in [-0.39, 0.29) is 64.4 Å². The minimum Gasteiger partial charge on any atom is -0.507 e. The molecule has 46 heavy (non-hydrogen) atoms. The molecule has 0 unspecified atom stereocenters. The first-order valence-electron chi connectivity index (χ1n) is 15.5. The number of aryl methyl sites for hydroxylation is 2. The van der Waals surface area contributed by atoms with E-state index in [1.165, 1.54) is 19.1 Å². The fourth-order valence-corrected chi connectivity index (χ4v) is 9.36. The van der Waals surface area contributed by atoms with E-state index in [0.717, 1.165) is 0 Å². The SMILES string of the molecule is CC(=O)O[C@H]1[C@@H]2C(=O)c3c(C)cc(O)c4c3[C@@]1(COC4=O)c1c3c4c5c(c(O)cc(C)c5c12)C(=O)O[C@H]4C[C@]1(OC[C@H](C)[C@H]1C)O3. The third-order valence-electron chi connectivity index (χ3n) is 11.4. The molecule has 1 saturated heterocycles. The van der Waals surface area contributed by atoms with E-state index in [1.807, 2.05) is 13.8 Å². The Morgan fingerprint density at radius 2 is 1.65 bits per heavy atom. The second kappa shape index (κ2) is 8.38. The summed E-state index contributed by atoms with van der Waals surface area (Å²) < 4.78 is 31.4. The number of ketones is 1. The number of hydrogen-bond acceptors (Lipinski definition) is 11. The van der Waals surface area contributed by atoms with Crippen molar-refractivity contribution in [3.8, 4) is 17.2 Å². The van der Waals surface area contributed by atoms with Gasteiger partial charge in [-0.15, -0.1) is 0 Å². The Morgan fingerprint density at radius 3 is 2.35 bits per heavy atom. The standard InChI is InChI=1S/C35H30O11/c1-11-6-16(37)21-24-19(11)25-26-29(39)20-12(2)7-17(38)22-27(20)34(10-42-32(22)40,31(26)44-15(5)36)28(25)30-23(24)18(45-33(21)41)8-35(46-30)14(4)13(3)9-43-35/h6-7,13-14,18,26,31,37-38H,8-10H2,1-5H3/t13-,14+,18-,26-,31-,34-,35-/m0/s1. The van der Waals surface area contributed by atoms with Crippen LogP contribution in [0.3, 0.4) is 0 Å². The summed E-state index contributed by atoms with van der Waals surface area (Å²) in [6.07, 6.45) is -1.82. The molecule has 2 spiro atoms. The van der Waals surface area contributed by atoms with Gasteiger partial charge in [0.1, 0.15) is 47.2 Å². The number of phenols is 2. The van der Waals surface area contributed by atoms with E-state index in [0.29, 0.717) is 45.2 Å². The van der Waals surface area contributed by atoms with Crippen molar-refractivity contribution >= 4 is 34.5 Å². The highest BCUT2D eigenvalue weighted by Gasteiger charge is 2.69. The molecule has 3 aromatic carbocycles. The van der Waals surface area contributed by atoms with Gasteiger partial charge in [-0.25, -0.2) is 9.59 Å². The number of phenolic OH excluding ortho intramolecular Hbond substituents is 2. The Bertz CT molecular complexity index is 2060. The summed E-state index contributed by atoms with van der Waals surface area (Å²) in [7, 11) is 0. The second-order valence-electron chi connectivity index (χ2n) is 13.7. The fraction of sp³-hybridized carbons (Fsp3) is 0.429. The van der Waals surface area contributed by atoms with Crippen molar-refractivity contribution in [3.63, 3.8) is 0 Å². The maximum absolute atomic E-state index is 14.8. The summed E-state index contributed by atoms with van der Waals surface area (Å²) >= 11 is 0. The molecule has 4 heterocycles. The number of rotatable bonds is 1. The summed E-state index contributed by atoms with van der Waals surface area (Å²) in [4.78, 5) is 54.7. The monoisotopic (exact) mass is 626 g/mol. The van der Waals surface area contributed by atoms with Crippen molar-refractivity contribution < 1.29 is 53.1 Å². The maximum atomic E-state index is 14.8. The Balaban J connectivity index is 1.52. The van der Waals surface area contributed by atoms with Crippen LogP contribution in [0, 0.1) is 25.7 Å². The highest BCUT2D eigenvalue weighted by atomic mass is 16.7. The summed E-state index contributed by atoms with van der Waals surface area (Å²) in [5.41, 5.74) is 1.28. The first-order valence-corrected chi connectivity index (χ1v) is 15.5. The van der Waals surface area contributed by atoms with Gasteiger partial charge in [0.05, 0.1) is 24.4 Å². The Labute approximate surface area is 262 Å². The molecular weight excluding hydrogens is 596 g/mol. The highest BCUT2D eigenvalue weighted by Crippen LogP contribution is 2.68. The lowest BCUT2D eigenvalue weighted by atomic mass is 9.63. The average molecular weight is 627 g/mol. The van der Waals surface area contributed by atoms with Gasteiger partial charge in [0.25, 0.3) is 0 Å². The van der Waals surface area contributed by atoms with Crippen LogP contribution in [-0.4, -0.2) is 59.0 Å². The van der Waals surface area contributed by atoms with Crippen molar-refractivity contribution in [2.45, 2.75) is 70.4 Å². The molecule has 4 aliphatic heterocycles. The van der Waals surface area contributed by atoms with Crippen LogP contribution in [0.1, 0.15) is 104 Å². The Hall–Kier alpha value is -4.64. The zero-order valence-electron chi connectivity index (χ0n) is 25.7. The normalized spacial score (nSPS) is 32.5. The molecule has 11 nitrogen and oxygen atoms in total. The van der Waals surface area contributed by atoms with Gasteiger partial charge in [0, 0.05) is 34.9 Å². The molecule has 0 radical (unpaired) electrons. The number of fused-ring (bicyclic) bond motifs is 5. The molecular formula is C35H30O11. The molecule has 2 aliphatic carbocycles. The third-order valence-corrected chi connectivity index (χ3v) is 11.4. The van der Waals surface area contributed by atoms with E-state index in [2.05, 4.69) is 0 Å². The van der Waals surface area contributed by atoms with Crippen LogP contribution < -0.4 is 4.74 Å². The minimum absolute atomic E-state index is 0.0401. The van der Waals surface area contributed by atoms with Crippen LogP contribution in [0.2, 0.25) is 0 Å². The molecule has 2 N–H and O–H groups in total. The number of carbonyl (C=O) groups excluding carboxylic acids is 4. The molecule has 9 rings (SSSR count). The summed E-state index contributed by atoms with van der Waals surface area (Å²) in [5, 5.41) is 23.2. The lowest BCUT2D eigenvalue weighted by Crippen LogP contribution is -2.54. The number of cyclic esters (lactones) is 1. The Kier molecular flexibility index (Phi) is 5.04. The largest absolute Gasteiger partial charge is 0.507 e. The first kappa shape index (κ1) is 27.7. The van der Waals surface area contributed by atoms with Crippen LogP contribution in [0.15, 0.2) is 12.1 Å². The lowest BCUT2D eigenvalue weighted by Gasteiger charge is -2.47. The van der Waals surface area contributed by atoms with E-state index in [4.69, 9.17) is 23.7 Å². The van der Waals surface area contributed by atoms with Crippen molar-refractivity contribution in [2.75, 3.05) is 13.2 Å². The van der Waals surface area contributed by atoms with Gasteiger partial charge in [-0.05, 0) is 59.5 Å². The third kappa shape index (κ3) is 2.90. The Morgan fingerprint density at radius 1 is 0.935 bits per heavy atom. The van der Waals surface area contributed by atoms with Gasteiger partial charge in [-0.1, -0.05) is 13.8 Å². The van der Waals surface area contributed by atoms with Gasteiger partial charge in [0.15, 0.2) is 5.78 Å². The lowest BCUT2D eigenvalue weighted by molar-refractivity contribution is -0.201. The fourth-order valence-electron chi connectivity index (χ4n) is 9.36. The van der Waals surface area contributed by atoms with Crippen molar-refractivity contribution in [3.05, 3.63) is 62.2 Å². The molecule has 0 amide bonds. The highest BCUT2D eigenvalue weighted by molar-refractivity contribution is 6.18. The van der Waals surface area contributed by atoms with E-state index in [9.17, 15) is 29.4 Å². The number of aromatic hydroxyl groups is 2. The number of Topliss-reactive ketones (excluding diaryl/α,β-unsaturated/α-hetero) is 1. The van der Waals surface area contributed by atoms with E-state index >= 15 is 0 Å². The van der Waals surface area contributed by atoms with Crippen molar-refractivity contribution in [1.82, 2.24) is 0 Å². The predicted octanol–water partition coefficient (Wildman–Crippen LogP) is 4.54. The molecule has 236 valence electrons. The zero-order chi connectivity index (χ0) is 32.4. The molecule has 6 aliphatic rings. The average Bonchev–Trinajstić information content (AvgIpc) is 3.36. The zero-order valence-corrected chi connectivity index (χ0v) is 25.7. The molecule has 2 bridgehead atoms. The van der Waals surface area contributed by atoms with Gasteiger partial charge < -0.3 is 33.9 Å². The second-order valence-corrected chi connectivity index (χ2v) is 13.7. The number of benzene rings is 3. The van der Waals surface area contributed by atoms with Crippen molar-refractivity contribution in [1.29, 1.82) is 0 Å². The molecule has 1 fully saturated rings. The van der Waals surface area contributed by atoms with Crippen LogP contribution in [0.4, 0.5) is 0 Å². The number of esters is 3. The molecule has 11 heteroatoms. The molecule has 0 saturated carbocycles. The van der Waals surface area contributed by atoms with Crippen molar-refractivity contribution in [2.24, 2.45) is 11.8 Å². The van der Waals surface area contributed by atoms with Gasteiger partial charge >= 0.3 is 17.9 Å². The number of ether oxygens (including phenoxy) is 5. The summed E-state index contributed by atoms with van der Waals surface area (Å²) in [6.45, 7) is 8.86. The quantitative estimate of drug-likeness (QED) is 0.289. The smallest absolute Gasteiger partial charge is 0.343 e. The number of carbonyl (C=O) groups is 4. The van der Waals surface area contributed by atoms with E-state index in [1.54, 1.807) is 13.8 Å². The minimum atomic E-state index is -1.47. The molecule has 3 aromatic rings. The van der Waals surface area contributed by atoms with Crippen LogP contribution >= 0.6 is 0 Å². The first-order chi connectivity index (χ1) is 21.8. The number of hydrogen-bond donors (Lipinski definition) is 2. The molecule has 7 atom stereocenters. The summed E-state index contributed by atoms with van der Waals surface area (Å²) in [5.74, 6) is -5.23. The van der Waals surface area contributed by atoms with Crippen LogP contribution in [0.25, 0.3) is 10.8 Å². The maximum Gasteiger partial charge on any atom is 0.343 e. The topological polar surface area (TPSA) is 155 Å². The van der Waals surface area contributed by atoms with Gasteiger partial charge in [-0.2, -0.15) is 0 Å². The van der Waals surface area contributed by atoms with Crippen LogP contribution in [0.5, 0.6) is 17.2 Å².